The monoisotopic (exact) mass is 552 g/mol. The Labute approximate surface area is 235 Å². The molecule has 0 aromatic heterocycles. The van der Waals surface area contributed by atoms with Gasteiger partial charge in [-0.3, -0.25) is 14.4 Å². The molecule has 0 saturated heterocycles. The molecular formula is C32H26F2N4O3. The van der Waals surface area contributed by atoms with Gasteiger partial charge in [0.15, 0.2) is 0 Å². The zero-order chi connectivity index (χ0) is 28.9. The van der Waals surface area contributed by atoms with E-state index in [1.165, 1.54) is 4.90 Å². The van der Waals surface area contributed by atoms with Gasteiger partial charge in [-0.1, -0.05) is 78.9 Å². The average Bonchev–Trinajstić information content (AvgIpc) is 3.09. The van der Waals surface area contributed by atoms with Crippen LogP contribution in [0, 0.1) is 11.6 Å². The summed E-state index contributed by atoms with van der Waals surface area (Å²) in [5, 5.41) is 5.30. The summed E-state index contributed by atoms with van der Waals surface area (Å²) < 4.78 is 27.8. The molecular weight excluding hydrogens is 526 g/mol. The van der Waals surface area contributed by atoms with Gasteiger partial charge in [0.2, 0.25) is 18.0 Å². The van der Waals surface area contributed by atoms with E-state index < -0.39 is 48.0 Å². The molecule has 0 bridgehead atoms. The molecule has 1 aliphatic heterocycles. The first-order valence-electron chi connectivity index (χ1n) is 12.9. The van der Waals surface area contributed by atoms with E-state index in [0.29, 0.717) is 17.0 Å². The van der Waals surface area contributed by atoms with E-state index in [4.69, 9.17) is 4.99 Å². The Morgan fingerprint density at radius 1 is 0.902 bits per heavy atom. The molecule has 0 radical (unpaired) electrons. The van der Waals surface area contributed by atoms with Crippen LogP contribution in [-0.4, -0.2) is 36.6 Å². The molecule has 0 aliphatic carbocycles. The number of aliphatic imine (C=N–C) groups is 1. The van der Waals surface area contributed by atoms with E-state index in [9.17, 15) is 23.2 Å². The SMILES string of the molecule is CN1C(=O)[C@@H](NC(=O)[C@@H](NC(=O)Cc2cc(F)ccc2F)c2ccccc2)N=C(c2ccccc2)c2ccccc21. The minimum absolute atomic E-state index is 0.148. The van der Waals surface area contributed by atoms with Crippen LogP contribution in [0.3, 0.4) is 0 Å². The number of amides is 3. The predicted octanol–water partition coefficient (Wildman–Crippen LogP) is 4.32. The summed E-state index contributed by atoms with van der Waals surface area (Å²) in [6, 6.07) is 26.6. The number of carbonyl (C=O) groups excluding carboxylic acids is 3. The first kappa shape index (κ1) is 27.4. The summed E-state index contributed by atoms with van der Waals surface area (Å²) >= 11 is 0. The number of nitrogens with one attached hydrogen (secondary N) is 2. The molecule has 2 N–H and O–H groups in total. The zero-order valence-electron chi connectivity index (χ0n) is 22.1. The second-order valence-corrected chi connectivity index (χ2v) is 9.49. The Hall–Kier alpha value is -5.18. The van der Waals surface area contributed by atoms with Crippen molar-refractivity contribution in [1.82, 2.24) is 10.6 Å². The molecule has 2 atom stereocenters. The van der Waals surface area contributed by atoms with Crippen LogP contribution in [0.25, 0.3) is 0 Å². The Kier molecular flexibility index (Phi) is 7.96. The van der Waals surface area contributed by atoms with E-state index in [0.717, 1.165) is 29.3 Å². The molecule has 206 valence electrons. The summed E-state index contributed by atoms with van der Waals surface area (Å²) in [4.78, 5) is 46.3. The molecule has 0 spiro atoms. The smallest absolute Gasteiger partial charge is 0.272 e. The average molecular weight is 553 g/mol. The van der Waals surface area contributed by atoms with Crippen LogP contribution in [-0.2, 0) is 20.8 Å². The molecule has 1 aliphatic rings. The number of halogens is 2. The number of hydrogen-bond acceptors (Lipinski definition) is 4. The fourth-order valence-corrected chi connectivity index (χ4v) is 4.67. The summed E-state index contributed by atoms with van der Waals surface area (Å²) in [6.07, 6.45) is -1.80. The maximum Gasteiger partial charge on any atom is 0.272 e. The number of carbonyl (C=O) groups is 3. The number of fused-ring (bicyclic) bond motifs is 1. The maximum absolute atomic E-state index is 14.2. The fourth-order valence-electron chi connectivity index (χ4n) is 4.67. The molecule has 4 aromatic carbocycles. The van der Waals surface area contributed by atoms with E-state index in [1.54, 1.807) is 43.4 Å². The van der Waals surface area contributed by atoms with Gasteiger partial charge in [0.05, 0.1) is 17.8 Å². The summed E-state index contributed by atoms with van der Waals surface area (Å²) in [5.41, 5.74) is 2.91. The highest BCUT2D eigenvalue weighted by Crippen LogP contribution is 2.27. The van der Waals surface area contributed by atoms with E-state index in [-0.39, 0.29) is 5.56 Å². The van der Waals surface area contributed by atoms with Crippen molar-refractivity contribution in [3.8, 4) is 0 Å². The summed E-state index contributed by atoms with van der Waals surface area (Å²) in [5.74, 6) is -3.30. The Balaban J connectivity index is 1.46. The number of para-hydroxylation sites is 1. The standard InChI is InChI=1S/C32H26F2N4O3/c1-38-26-15-9-8-14-24(26)28(20-10-4-2-5-11-20)36-30(32(38)41)37-31(40)29(21-12-6-3-7-13-21)35-27(39)19-22-18-23(33)16-17-25(22)34/h2-18,29-30H,19H2,1H3,(H,35,39)(H,37,40)/t29-,30+/m0/s1. The first-order valence-corrected chi connectivity index (χ1v) is 12.9. The molecule has 0 fully saturated rings. The van der Waals surface area contributed by atoms with Crippen LogP contribution in [0.5, 0.6) is 0 Å². The highest BCUT2D eigenvalue weighted by molar-refractivity contribution is 6.20. The largest absolute Gasteiger partial charge is 0.340 e. The minimum atomic E-state index is -1.31. The normalized spacial score (nSPS) is 15.3. The third-order valence-electron chi connectivity index (χ3n) is 6.73. The van der Waals surface area contributed by atoms with Crippen molar-refractivity contribution < 1.29 is 23.2 Å². The van der Waals surface area contributed by atoms with Crippen molar-refractivity contribution in [2.24, 2.45) is 4.99 Å². The van der Waals surface area contributed by atoms with Crippen LogP contribution in [0.4, 0.5) is 14.5 Å². The van der Waals surface area contributed by atoms with Crippen LogP contribution in [0.1, 0.15) is 28.3 Å². The van der Waals surface area contributed by atoms with Crippen molar-refractivity contribution in [2.75, 3.05) is 11.9 Å². The first-order chi connectivity index (χ1) is 19.8. The molecule has 41 heavy (non-hydrogen) atoms. The maximum atomic E-state index is 14.2. The molecule has 0 saturated carbocycles. The topological polar surface area (TPSA) is 90.9 Å². The fraction of sp³-hybridized carbons (Fsp3) is 0.125. The predicted molar refractivity (Wildman–Crippen MR) is 151 cm³/mol. The number of benzene rings is 4. The van der Waals surface area contributed by atoms with Gasteiger partial charge in [0.25, 0.3) is 5.91 Å². The van der Waals surface area contributed by atoms with Crippen LogP contribution < -0.4 is 15.5 Å². The van der Waals surface area contributed by atoms with Gasteiger partial charge in [-0.05, 0) is 29.8 Å². The molecule has 5 rings (SSSR count). The lowest BCUT2D eigenvalue weighted by Crippen LogP contribution is -2.50. The van der Waals surface area contributed by atoms with Gasteiger partial charge in [-0.25, -0.2) is 13.8 Å². The molecule has 3 amide bonds. The second kappa shape index (κ2) is 11.9. The van der Waals surface area contributed by atoms with Crippen LogP contribution in [0.2, 0.25) is 0 Å². The highest BCUT2D eigenvalue weighted by Gasteiger charge is 2.33. The van der Waals surface area contributed by atoms with Crippen molar-refractivity contribution in [3.05, 3.63) is 137 Å². The van der Waals surface area contributed by atoms with Crippen molar-refractivity contribution >= 4 is 29.1 Å². The van der Waals surface area contributed by atoms with Gasteiger partial charge in [-0.15, -0.1) is 0 Å². The van der Waals surface area contributed by atoms with Crippen LogP contribution >= 0.6 is 0 Å². The molecule has 0 unspecified atom stereocenters. The van der Waals surface area contributed by atoms with Crippen molar-refractivity contribution in [1.29, 1.82) is 0 Å². The van der Waals surface area contributed by atoms with Gasteiger partial charge >= 0.3 is 0 Å². The molecule has 9 heteroatoms. The highest BCUT2D eigenvalue weighted by atomic mass is 19.1. The van der Waals surface area contributed by atoms with Gasteiger partial charge in [-0.2, -0.15) is 0 Å². The number of hydrogen-bond donors (Lipinski definition) is 2. The number of rotatable bonds is 7. The Morgan fingerprint density at radius 2 is 1.56 bits per heavy atom. The number of likely N-dealkylation sites (N-methyl/N-ethyl adjacent to an activating group) is 1. The Morgan fingerprint density at radius 3 is 2.29 bits per heavy atom. The molecule has 4 aromatic rings. The number of benzodiazepines with no additional fused rings is 1. The van der Waals surface area contributed by atoms with Crippen LogP contribution in [0.15, 0.2) is 108 Å². The lowest BCUT2D eigenvalue weighted by molar-refractivity contribution is -0.131. The quantitative estimate of drug-likeness (QED) is 0.358. The number of nitrogens with zero attached hydrogens (tertiary/aromatic N) is 2. The van der Waals surface area contributed by atoms with Gasteiger partial charge < -0.3 is 15.5 Å². The van der Waals surface area contributed by atoms with E-state index in [1.807, 2.05) is 48.5 Å². The van der Waals surface area contributed by atoms with E-state index in [2.05, 4.69) is 10.6 Å². The third-order valence-corrected chi connectivity index (χ3v) is 6.73. The molecule has 7 nitrogen and oxygen atoms in total. The zero-order valence-corrected chi connectivity index (χ0v) is 22.1. The van der Waals surface area contributed by atoms with Crippen molar-refractivity contribution in [2.45, 2.75) is 18.6 Å². The van der Waals surface area contributed by atoms with Gasteiger partial charge in [0.1, 0.15) is 17.7 Å². The lowest BCUT2D eigenvalue weighted by atomic mass is 10.0. The summed E-state index contributed by atoms with van der Waals surface area (Å²) in [7, 11) is 1.60. The summed E-state index contributed by atoms with van der Waals surface area (Å²) in [6.45, 7) is 0. The van der Waals surface area contributed by atoms with E-state index >= 15 is 0 Å². The molecule has 1 heterocycles. The van der Waals surface area contributed by atoms with Crippen molar-refractivity contribution in [3.63, 3.8) is 0 Å². The number of anilines is 1. The minimum Gasteiger partial charge on any atom is -0.340 e. The second-order valence-electron chi connectivity index (χ2n) is 9.49. The Bertz CT molecular complexity index is 1630. The lowest BCUT2D eigenvalue weighted by Gasteiger charge is -2.24. The third kappa shape index (κ3) is 6.04. The van der Waals surface area contributed by atoms with Gasteiger partial charge in [0, 0.05) is 23.7 Å².